The number of sulfonamides is 1. The van der Waals surface area contributed by atoms with Crippen molar-refractivity contribution in [3.05, 3.63) is 93.5 Å². The van der Waals surface area contributed by atoms with Crippen LogP contribution in [0.5, 0.6) is 5.75 Å². The van der Waals surface area contributed by atoms with E-state index < -0.39 is 28.5 Å². The van der Waals surface area contributed by atoms with Gasteiger partial charge >= 0.3 is 0 Å². The van der Waals surface area contributed by atoms with Gasteiger partial charge in [-0.1, -0.05) is 72.6 Å². The Labute approximate surface area is 258 Å². The van der Waals surface area contributed by atoms with Gasteiger partial charge in [-0.05, 0) is 61.2 Å². The van der Waals surface area contributed by atoms with Crippen LogP contribution in [-0.4, -0.2) is 57.1 Å². The summed E-state index contributed by atoms with van der Waals surface area (Å²) in [7, 11) is -2.51. The summed E-state index contributed by atoms with van der Waals surface area (Å²) in [6.07, 6.45) is 1.94. The molecule has 3 rings (SSSR count). The molecule has 0 bridgehead atoms. The second-order valence-electron chi connectivity index (χ2n) is 10.2. The lowest BCUT2D eigenvalue weighted by Crippen LogP contribution is -2.54. The van der Waals surface area contributed by atoms with Crippen LogP contribution in [0.4, 0.5) is 5.69 Å². The van der Waals surface area contributed by atoms with Crippen molar-refractivity contribution in [3.8, 4) is 5.75 Å². The van der Waals surface area contributed by atoms with Crippen LogP contribution in [0.25, 0.3) is 0 Å². The number of carbonyl (C=O) groups is 2. The molecule has 2 unspecified atom stereocenters. The molecule has 0 heterocycles. The van der Waals surface area contributed by atoms with Crippen molar-refractivity contribution in [1.29, 1.82) is 0 Å². The molecule has 8 nitrogen and oxygen atoms in total. The van der Waals surface area contributed by atoms with Crippen LogP contribution in [0.15, 0.2) is 66.7 Å². The number of halogens is 2. The van der Waals surface area contributed by atoms with Gasteiger partial charge in [0.25, 0.3) is 0 Å². The molecule has 0 fully saturated rings. The van der Waals surface area contributed by atoms with E-state index in [1.165, 1.54) is 12.0 Å². The summed E-state index contributed by atoms with van der Waals surface area (Å²) >= 11 is 12.4. The van der Waals surface area contributed by atoms with E-state index in [0.29, 0.717) is 27.8 Å². The van der Waals surface area contributed by atoms with Gasteiger partial charge in [0, 0.05) is 19.0 Å². The fourth-order valence-electron chi connectivity index (χ4n) is 4.42. The van der Waals surface area contributed by atoms with Gasteiger partial charge in [-0.2, -0.15) is 0 Å². The monoisotopic (exact) mass is 633 g/mol. The molecule has 0 aliphatic carbocycles. The number of nitrogens with zero attached hydrogens (tertiary/aromatic N) is 2. The van der Waals surface area contributed by atoms with E-state index in [1.807, 2.05) is 51.1 Å². The zero-order valence-electron chi connectivity index (χ0n) is 24.4. The molecule has 2 amide bonds. The third kappa shape index (κ3) is 8.86. The second kappa shape index (κ2) is 14.8. The largest absolute Gasteiger partial charge is 0.495 e. The number of rotatable bonds is 13. The van der Waals surface area contributed by atoms with Crippen LogP contribution in [0, 0.1) is 6.92 Å². The number of aryl methyl sites for hydroxylation is 1. The molecule has 3 aromatic rings. The molecule has 0 aromatic heterocycles. The van der Waals surface area contributed by atoms with Crippen LogP contribution < -0.4 is 14.4 Å². The maximum absolute atomic E-state index is 14.2. The molecule has 226 valence electrons. The summed E-state index contributed by atoms with van der Waals surface area (Å²) in [4.78, 5) is 29.4. The fraction of sp³-hybridized carbons (Fsp3) is 0.355. The topological polar surface area (TPSA) is 96.0 Å². The zero-order chi connectivity index (χ0) is 31.0. The molecule has 0 aliphatic heterocycles. The van der Waals surface area contributed by atoms with Crippen molar-refractivity contribution >= 4 is 50.7 Å². The molecule has 0 radical (unpaired) electrons. The molecule has 2 atom stereocenters. The summed E-state index contributed by atoms with van der Waals surface area (Å²) in [5.74, 6) is -0.624. The molecule has 0 aliphatic rings. The highest BCUT2D eigenvalue weighted by molar-refractivity contribution is 7.92. The first-order valence-electron chi connectivity index (χ1n) is 13.5. The van der Waals surface area contributed by atoms with Crippen molar-refractivity contribution < 1.29 is 22.7 Å². The van der Waals surface area contributed by atoms with Gasteiger partial charge in [0.15, 0.2) is 0 Å². The lowest BCUT2D eigenvalue weighted by atomic mass is 10.0. The first kappa shape index (κ1) is 33.2. The lowest BCUT2D eigenvalue weighted by Gasteiger charge is -2.34. The van der Waals surface area contributed by atoms with Gasteiger partial charge in [0.05, 0.1) is 29.1 Å². The number of amides is 2. The van der Waals surface area contributed by atoms with Crippen molar-refractivity contribution in [3.63, 3.8) is 0 Å². The molecule has 0 spiro atoms. The quantitative estimate of drug-likeness (QED) is 0.263. The molecule has 1 N–H and O–H groups in total. The predicted molar refractivity (Wildman–Crippen MR) is 169 cm³/mol. The summed E-state index contributed by atoms with van der Waals surface area (Å²) < 4.78 is 32.6. The lowest BCUT2D eigenvalue weighted by molar-refractivity contribution is -0.140. The summed E-state index contributed by atoms with van der Waals surface area (Å²) in [6.45, 7) is 5.09. The smallest absolute Gasteiger partial charge is 0.244 e. The molecule has 42 heavy (non-hydrogen) atoms. The highest BCUT2D eigenvalue weighted by Crippen LogP contribution is 2.31. The normalized spacial score (nSPS) is 12.7. The molecule has 11 heteroatoms. The van der Waals surface area contributed by atoms with Crippen LogP contribution in [0.3, 0.4) is 0 Å². The standard InChI is InChI=1S/C31H37Cl2N3O5S/c1-6-22(3)34-31(38)28(18-23-10-8-7-9-11-23)35(19-24-13-14-25(32)26(33)17-24)30(37)20-36(42(5,39)40)27-16-21(2)12-15-29(27)41-4/h7-17,22,28H,6,18-20H2,1-5H3,(H,34,38). The van der Waals surface area contributed by atoms with E-state index in [-0.39, 0.29) is 30.6 Å². The number of benzene rings is 3. The number of methoxy groups -OCH3 is 1. The Balaban J connectivity index is 2.12. The van der Waals surface area contributed by atoms with Gasteiger partial charge < -0.3 is 15.0 Å². The van der Waals surface area contributed by atoms with Gasteiger partial charge in [0.2, 0.25) is 21.8 Å². The number of carbonyl (C=O) groups excluding carboxylic acids is 2. The number of hydrogen-bond donors (Lipinski definition) is 1. The highest BCUT2D eigenvalue weighted by Gasteiger charge is 2.34. The summed E-state index contributed by atoms with van der Waals surface area (Å²) in [5.41, 5.74) is 2.49. The summed E-state index contributed by atoms with van der Waals surface area (Å²) in [5, 5.41) is 3.65. The molecule has 0 saturated carbocycles. The van der Waals surface area contributed by atoms with Crippen molar-refractivity contribution in [2.45, 2.75) is 52.2 Å². The van der Waals surface area contributed by atoms with E-state index in [0.717, 1.165) is 21.7 Å². The fourth-order valence-corrected chi connectivity index (χ4v) is 5.59. The van der Waals surface area contributed by atoms with Gasteiger partial charge in [0.1, 0.15) is 18.3 Å². The van der Waals surface area contributed by atoms with Crippen LogP contribution in [0.1, 0.15) is 37.0 Å². The molecular weight excluding hydrogens is 597 g/mol. The third-order valence-electron chi connectivity index (χ3n) is 6.89. The van der Waals surface area contributed by atoms with Crippen molar-refractivity contribution in [2.24, 2.45) is 0 Å². The third-order valence-corrected chi connectivity index (χ3v) is 8.76. The first-order valence-corrected chi connectivity index (χ1v) is 16.1. The van der Waals surface area contributed by atoms with E-state index in [9.17, 15) is 18.0 Å². The van der Waals surface area contributed by atoms with Gasteiger partial charge in [-0.15, -0.1) is 0 Å². The highest BCUT2D eigenvalue weighted by atomic mass is 35.5. The minimum atomic E-state index is -3.94. The number of hydrogen-bond acceptors (Lipinski definition) is 5. The Morgan fingerprint density at radius 1 is 0.976 bits per heavy atom. The average molecular weight is 635 g/mol. The number of nitrogens with one attached hydrogen (secondary N) is 1. The van der Waals surface area contributed by atoms with Crippen LogP contribution in [0.2, 0.25) is 10.0 Å². The van der Waals surface area contributed by atoms with Crippen LogP contribution in [-0.2, 0) is 32.6 Å². The molecule has 0 saturated heterocycles. The Kier molecular flexibility index (Phi) is 11.7. The Bertz CT molecular complexity index is 1500. The molecule has 3 aromatic carbocycles. The van der Waals surface area contributed by atoms with E-state index >= 15 is 0 Å². The molecular formula is C31H37Cl2N3O5S. The van der Waals surface area contributed by atoms with E-state index in [1.54, 1.807) is 36.4 Å². The summed E-state index contributed by atoms with van der Waals surface area (Å²) in [6, 6.07) is 18.3. The van der Waals surface area contributed by atoms with E-state index in [2.05, 4.69) is 5.32 Å². The van der Waals surface area contributed by atoms with Gasteiger partial charge in [-0.3, -0.25) is 13.9 Å². The Morgan fingerprint density at radius 2 is 1.67 bits per heavy atom. The van der Waals surface area contributed by atoms with Crippen molar-refractivity contribution in [2.75, 3.05) is 24.2 Å². The maximum Gasteiger partial charge on any atom is 0.244 e. The average Bonchev–Trinajstić information content (AvgIpc) is 2.95. The van der Waals surface area contributed by atoms with Crippen molar-refractivity contribution in [1.82, 2.24) is 10.2 Å². The predicted octanol–water partition coefficient (Wildman–Crippen LogP) is 5.63. The minimum absolute atomic E-state index is 0.0102. The second-order valence-corrected chi connectivity index (χ2v) is 13.0. The SMILES string of the molecule is CCC(C)NC(=O)C(Cc1ccccc1)N(Cc1ccc(Cl)c(Cl)c1)C(=O)CN(c1cc(C)ccc1OC)S(C)(=O)=O. The maximum atomic E-state index is 14.2. The Hall–Kier alpha value is -3.27. The first-order chi connectivity index (χ1) is 19.8. The van der Waals surface area contributed by atoms with E-state index in [4.69, 9.17) is 27.9 Å². The van der Waals surface area contributed by atoms with Crippen LogP contribution >= 0.6 is 23.2 Å². The number of anilines is 1. The zero-order valence-corrected chi connectivity index (χ0v) is 26.8. The minimum Gasteiger partial charge on any atom is -0.495 e. The number of ether oxygens (including phenoxy) is 1. The van der Waals surface area contributed by atoms with Gasteiger partial charge in [-0.25, -0.2) is 8.42 Å². The Morgan fingerprint density at radius 3 is 2.26 bits per heavy atom.